The Balaban J connectivity index is 1.94. The first kappa shape index (κ1) is 14.4. The molecule has 1 aliphatic rings. The number of hydrogen-bond acceptors (Lipinski definition) is 3. The third kappa shape index (κ3) is 3.95. The van der Waals surface area contributed by atoms with Gasteiger partial charge in [0.2, 0.25) is 0 Å². The summed E-state index contributed by atoms with van der Waals surface area (Å²) in [5.41, 5.74) is 2.74. The minimum Gasteiger partial charge on any atom is -0.369 e. The van der Waals surface area contributed by atoms with Crippen LogP contribution >= 0.6 is 0 Å². The fraction of sp³-hybridized carbons (Fsp3) is 0.625. The molecule has 3 heteroatoms. The summed E-state index contributed by atoms with van der Waals surface area (Å²) in [6.45, 7) is 10.1. The number of benzene rings is 1. The molecule has 0 aliphatic carbocycles. The quantitative estimate of drug-likeness (QED) is 0.878. The van der Waals surface area contributed by atoms with Crippen molar-refractivity contribution in [2.24, 2.45) is 0 Å². The molecule has 2 rings (SSSR count). The summed E-state index contributed by atoms with van der Waals surface area (Å²) in [6.07, 6.45) is 1.18. The standard InChI is InChI=1S/C16H27N3/c1-4-9-17-14(2)15-5-7-16(8-6-15)19-12-10-18(3)11-13-19/h5-8,14,17H,4,9-13H2,1-3H3. The summed E-state index contributed by atoms with van der Waals surface area (Å²) >= 11 is 0. The molecule has 1 aliphatic heterocycles. The Labute approximate surface area is 117 Å². The Bertz CT molecular complexity index is 366. The van der Waals surface area contributed by atoms with E-state index < -0.39 is 0 Å². The van der Waals surface area contributed by atoms with Crippen LogP contribution in [0.15, 0.2) is 24.3 Å². The van der Waals surface area contributed by atoms with Gasteiger partial charge < -0.3 is 15.1 Å². The predicted molar refractivity (Wildman–Crippen MR) is 82.9 cm³/mol. The van der Waals surface area contributed by atoms with Crippen molar-refractivity contribution in [2.75, 3.05) is 44.7 Å². The molecule has 0 radical (unpaired) electrons. The SMILES string of the molecule is CCCNC(C)c1ccc(N2CCN(C)CC2)cc1. The minimum absolute atomic E-state index is 0.446. The third-order valence-corrected chi connectivity index (χ3v) is 3.96. The summed E-state index contributed by atoms with van der Waals surface area (Å²) in [7, 11) is 2.20. The molecule has 0 bridgehead atoms. The van der Waals surface area contributed by atoms with Gasteiger partial charge in [0.15, 0.2) is 0 Å². The number of nitrogens with zero attached hydrogens (tertiary/aromatic N) is 2. The van der Waals surface area contributed by atoms with Crippen LogP contribution in [-0.2, 0) is 0 Å². The second-order valence-corrected chi connectivity index (χ2v) is 5.56. The van der Waals surface area contributed by atoms with Crippen LogP contribution in [0.4, 0.5) is 5.69 Å². The molecule has 1 fully saturated rings. The molecule has 106 valence electrons. The predicted octanol–water partition coefficient (Wildman–Crippen LogP) is 2.50. The fourth-order valence-electron chi connectivity index (χ4n) is 2.52. The van der Waals surface area contributed by atoms with E-state index in [2.05, 4.69) is 60.3 Å². The lowest BCUT2D eigenvalue weighted by molar-refractivity contribution is 0.313. The molecule has 0 amide bonds. The molecule has 19 heavy (non-hydrogen) atoms. The second kappa shape index (κ2) is 6.92. The van der Waals surface area contributed by atoms with Crippen LogP contribution in [-0.4, -0.2) is 44.7 Å². The Morgan fingerprint density at radius 2 is 1.74 bits per heavy atom. The van der Waals surface area contributed by atoms with Crippen LogP contribution in [0.1, 0.15) is 31.9 Å². The van der Waals surface area contributed by atoms with Gasteiger partial charge in [-0.1, -0.05) is 19.1 Å². The average Bonchev–Trinajstić information content (AvgIpc) is 2.46. The van der Waals surface area contributed by atoms with Gasteiger partial charge >= 0.3 is 0 Å². The zero-order chi connectivity index (χ0) is 13.7. The molecule has 1 aromatic rings. The van der Waals surface area contributed by atoms with Gasteiger partial charge in [0, 0.05) is 37.9 Å². The zero-order valence-corrected chi connectivity index (χ0v) is 12.5. The van der Waals surface area contributed by atoms with Crippen molar-refractivity contribution in [3.05, 3.63) is 29.8 Å². The topological polar surface area (TPSA) is 18.5 Å². The summed E-state index contributed by atoms with van der Waals surface area (Å²) in [5, 5.41) is 3.53. The van der Waals surface area contributed by atoms with Crippen molar-refractivity contribution >= 4 is 5.69 Å². The summed E-state index contributed by atoms with van der Waals surface area (Å²) < 4.78 is 0. The highest BCUT2D eigenvalue weighted by Gasteiger charge is 2.14. The van der Waals surface area contributed by atoms with Gasteiger partial charge in [-0.15, -0.1) is 0 Å². The van der Waals surface area contributed by atoms with Crippen molar-refractivity contribution in [3.8, 4) is 0 Å². The Kier molecular flexibility index (Phi) is 5.23. The van der Waals surface area contributed by atoms with E-state index in [9.17, 15) is 0 Å². The highest BCUT2D eigenvalue weighted by molar-refractivity contribution is 5.48. The van der Waals surface area contributed by atoms with Crippen LogP contribution in [0.5, 0.6) is 0 Å². The van der Waals surface area contributed by atoms with Gasteiger partial charge in [-0.05, 0) is 44.6 Å². The number of anilines is 1. The van der Waals surface area contributed by atoms with Crippen molar-refractivity contribution in [3.63, 3.8) is 0 Å². The number of likely N-dealkylation sites (N-methyl/N-ethyl adjacent to an activating group) is 1. The third-order valence-electron chi connectivity index (χ3n) is 3.96. The normalized spacial score (nSPS) is 18.6. The number of piperazine rings is 1. The first-order valence-corrected chi connectivity index (χ1v) is 7.47. The van der Waals surface area contributed by atoms with E-state index in [0.717, 1.165) is 32.7 Å². The largest absolute Gasteiger partial charge is 0.369 e. The Morgan fingerprint density at radius 3 is 2.32 bits per heavy atom. The van der Waals surface area contributed by atoms with E-state index in [1.54, 1.807) is 0 Å². The lowest BCUT2D eigenvalue weighted by atomic mass is 10.1. The van der Waals surface area contributed by atoms with Crippen LogP contribution < -0.4 is 10.2 Å². The maximum Gasteiger partial charge on any atom is 0.0367 e. The second-order valence-electron chi connectivity index (χ2n) is 5.56. The van der Waals surface area contributed by atoms with Crippen molar-refractivity contribution in [2.45, 2.75) is 26.3 Å². The van der Waals surface area contributed by atoms with Crippen molar-refractivity contribution in [1.82, 2.24) is 10.2 Å². The van der Waals surface area contributed by atoms with Gasteiger partial charge in [-0.3, -0.25) is 0 Å². The van der Waals surface area contributed by atoms with Crippen LogP contribution in [0.25, 0.3) is 0 Å². The number of nitrogens with one attached hydrogen (secondary N) is 1. The molecule has 1 unspecified atom stereocenters. The smallest absolute Gasteiger partial charge is 0.0367 e. The molecule has 3 nitrogen and oxygen atoms in total. The van der Waals surface area contributed by atoms with Crippen molar-refractivity contribution < 1.29 is 0 Å². The lowest BCUT2D eigenvalue weighted by Gasteiger charge is -2.34. The maximum atomic E-state index is 3.53. The molecule has 1 atom stereocenters. The molecular formula is C16H27N3. The summed E-state index contributed by atoms with van der Waals surface area (Å²) in [6, 6.07) is 9.51. The van der Waals surface area contributed by atoms with Gasteiger partial charge in [-0.2, -0.15) is 0 Å². The van der Waals surface area contributed by atoms with E-state index in [0.29, 0.717) is 6.04 Å². The van der Waals surface area contributed by atoms with Gasteiger partial charge in [0.25, 0.3) is 0 Å². The van der Waals surface area contributed by atoms with Crippen LogP contribution in [0.3, 0.4) is 0 Å². The van der Waals surface area contributed by atoms with Gasteiger partial charge in [-0.25, -0.2) is 0 Å². The molecule has 1 aromatic carbocycles. The van der Waals surface area contributed by atoms with E-state index in [1.807, 2.05) is 0 Å². The molecule has 1 N–H and O–H groups in total. The first-order valence-electron chi connectivity index (χ1n) is 7.47. The van der Waals surface area contributed by atoms with E-state index in [-0.39, 0.29) is 0 Å². The molecule has 1 heterocycles. The Morgan fingerprint density at radius 1 is 1.11 bits per heavy atom. The number of hydrogen-bond donors (Lipinski definition) is 1. The van der Waals surface area contributed by atoms with Crippen LogP contribution in [0.2, 0.25) is 0 Å². The van der Waals surface area contributed by atoms with E-state index in [1.165, 1.54) is 17.7 Å². The molecule has 1 saturated heterocycles. The Hall–Kier alpha value is -1.06. The maximum absolute atomic E-state index is 3.53. The van der Waals surface area contributed by atoms with E-state index >= 15 is 0 Å². The van der Waals surface area contributed by atoms with Gasteiger partial charge in [0.1, 0.15) is 0 Å². The highest BCUT2D eigenvalue weighted by Crippen LogP contribution is 2.20. The average molecular weight is 261 g/mol. The minimum atomic E-state index is 0.446. The fourth-order valence-corrected chi connectivity index (χ4v) is 2.52. The van der Waals surface area contributed by atoms with Gasteiger partial charge in [0.05, 0.1) is 0 Å². The molecular weight excluding hydrogens is 234 g/mol. The molecule has 0 saturated carbocycles. The van der Waals surface area contributed by atoms with Crippen LogP contribution in [0, 0.1) is 0 Å². The van der Waals surface area contributed by atoms with E-state index in [4.69, 9.17) is 0 Å². The monoisotopic (exact) mass is 261 g/mol. The lowest BCUT2D eigenvalue weighted by Crippen LogP contribution is -2.44. The summed E-state index contributed by atoms with van der Waals surface area (Å²) in [5.74, 6) is 0. The first-order chi connectivity index (χ1) is 9.20. The highest BCUT2D eigenvalue weighted by atomic mass is 15.2. The zero-order valence-electron chi connectivity index (χ0n) is 12.5. The number of rotatable bonds is 5. The molecule has 0 spiro atoms. The van der Waals surface area contributed by atoms with Crippen molar-refractivity contribution in [1.29, 1.82) is 0 Å². The molecule has 0 aromatic heterocycles. The summed E-state index contributed by atoms with van der Waals surface area (Å²) in [4.78, 5) is 4.87.